The number of carbonyl (C=O) groups excluding carboxylic acids is 1. The van der Waals surface area contributed by atoms with Crippen LogP contribution >= 0.6 is 0 Å². The van der Waals surface area contributed by atoms with Crippen LogP contribution < -0.4 is 0 Å². The first-order valence-corrected chi connectivity index (χ1v) is 6.45. The van der Waals surface area contributed by atoms with Gasteiger partial charge in [0.2, 0.25) is 0 Å². The molecule has 3 heteroatoms. The number of ether oxygens (including phenoxy) is 1. The molecule has 0 fully saturated rings. The van der Waals surface area contributed by atoms with Crippen molar-refractivity contribution in [1.29, 1.82) is 0 Å². The van der Waals surface area contributed by atoms with E-state index >= 15 is 0 Å². The molecule has 0 bridgehead atoms. The van der Waals surface area contributed by atoms with Crippen molar-refractivity contribution in [1.82, 2.24) is 0 Å². The fraction of sp³-hybridized carbons (Fsp3) is 0.500. The van der Waals surface area contributed by atoms with Crippen LogP contribution in [0.15, 0.2) is 12.2 Å². The zero-order valence-electron chi connectivity index (χ0n) is 5.64. The van der Waals surface area contributed by atoms with Gasteiger partial charge in [0.1, 0.15) is 0 Å². The SMILES string of the molecule is C=C(C[Te]C)C(=O)OC. The third kappa shape index (κ3) is 3.56. The third-order valence-electron chi connectivity index (χ3n) is 0.793. The van der Waals surface area contributed by atoms with Crippen LogP contribution in [-0.4, -0.2) is 34.0 Å². The summed E-state index contributed by atoms with van der Waals surface area (Å²) in [7, 11) is 1.38. The van der Waals surface area contributed by atoms with E-state index in [2.05, 4.69) is 16.3 Å². The van der Waals surface area contributed by atoms with E-state index in [9.17, 15) is 4.79 Å². The summed E-state index contributed by atoms with van der Waals surface area (Å²) >= 11 is -0.0204. The zero-order valence-corrected chi connectivity index (χ0v) is 7.97. The van der Waals surface area contributed by atoms with Gasteiger partial charge in [0.25, 0.3) is 0 Å². The Hall–Kier alpha value is -0.000390. The Kier molecular flexibility index (Phi) is 4.84. The molecule has 0 aromatic heterocycles. The van der Waals surface area contributed by atoms with Crippen LogP contribution in [0, 0.1) is 0 Å². The second kappa shape index (κ2) is 4.84. The van der Waals surface area contributed by atoms with Gasteiger partial charge in [-0.15, -0.1) is 0 Å². The normalized spacial score (nSPS) is 8.67. The van der Waals surface area contributed by atoms with Crippen molar-refractivity contribution in [2.24, 2.45) is 0 Å². The first kappa shape index (κ1) is 9.00. The molecule has 0 aromatic carbocycles. The van der Waals surface area contributed by atoms with Crippen LogP contribution in [0.1, 0.15) is 0 Å². The van der Waals surface area contributed by atoms with Crippen LogP contribution in [0.5, 0.6) is 0 Å². The summed E-state index contributed by atoms with van der Waals surface area (Å²) in [6.07, 6.45) is 0. The van der Waals surface area contributed by atoms with Crippen molar-refractivity contribution in [2.45, 2.75) is 9.44 Å². The van der Waals surface area contributed by atoms with E-state index in [0.29, 0.717) is 5.57 Å². The Morgan fingerprint density at radius 2 is 2.33 bits per heavy atom. The quantitative estimate of drug-likeness (QED) is 0.417. The van der Waals surface area contributed by atoms with E-state index < -0.39 is 0 Å². The van der Waals surface area contributed by atoms with Crippen LogP contribution in [0.3, 0.4) is 0 Å². The van der Waals surface area contributed by atoms with Crippen molar-refractivity contribution in [2.75, 3.05) is 7.11 Å². The predicted octanol–water partition coefficient (Wildman–Crippen LogP) is 0.886. The predicted molar refractivity (Wildman–Crippen MR) is 37.6 cm³/mol. The van der Waals surface area contributed by atoms with Gasteiger partial charge in [-0.2, -0.15) is 0 Å². The van der Waals surface area contributed by atoms with Crippen molar-refractivity contribution < 1.29 is 9.53 Å². The van der Waals surface area contributed by atoms with Gasteiger partial charge in [-0.3, -0.25) is 0 Å². The maximum absolute atomic E-state index is 10.6. The molecule has 0 spiro atoms. The van der Waals surface area contributed by atoms with E-state index in [1.807, 2.05) is 0 Å². The molecule has 0 aliphatic carbocycles. The Morgan fingerprint density at radius 1 is 1.78 bits per heavy atom. The maximum atomic E-state index is 10.6. The molecular formula is C6H10O2Te. The molecule has 0 atom stereocenters. The first-order valence-electron chi connectivity index (χ1n) is 2.47. The van der Waals surface area contributed by atoms with Gasteiger partial charge < -0.3 is 0 Å². The molecule has 0 radical (unpaired) electrons. The minimum atomic E-state index is -0.262. The van der Waals surface area contributed by atoms with Gasteiger partial charge in [0.15, 0.2) is 0 Å². The fourth-order valence-corrected chi connectivity index (χ4v) is 1.71. The van der Waals surface area contributed by atoms with Gasteiger partial charge in [-0.1, -0.05) is 0 Å². The molecule has 52 valence electrons. The van der Waals surface area contributed by atoms with E-state index in [1.54, 1.807) is 0 Å². The first-order chi connectivity index (χ1) is 4.22. The number of esters is 1. The van der Waals surface area contributed by atoms with Crippen molar-refractivity contribution in [3.8, 4) is 0 Å². The van der Waals surface area contributed by atoms with Crippen molar-refractivity contribution >= 4 is 26.9 Å². The van der Waals surface area contributed by atoms with Crippen LogP contribution in [0.2, 0.25) is 9.44 Å². The summed E-state index contributed by atoms with van der Waals surface area (Å²) in [5.74, 6) is -0.262. The Bertz CT molecular complexity index is 120. The van der Waals surface area contributed by atoms with Gasteiger partial charge in [-0.05, 0) is 0 Å². The van der Waals surface area contributed by atoms with Crippen molar-refractivity contribution in [3.63, 3.8) is 0 Å². The van der Waals surface area contributed by atoms with E-state index in [1.165, 1.54) is 7.11 Å². The van der Waals surface area contributed by atoms with Crippen LogP contribution in [0.25, 0.3) is 0 Å². The zero-order chi connectivity index (χ0) is 7.28. The molecule has 0 aliphatic rings. The van der Waals surface area contributed by atoms with Crippen LogP contribution in [0.4, 0.5) is 0 Å². The van der Waals surface area contributed by atoms with Gasteiger partial charge in [0.05, 0.1) is 0 Å². The molecule has 9 heavy (non-hydrogen) atoms. The summed E-state index contributed by atoms with van der Waals surface area (Å²) < 4.78 is 5.31. The average molecular weight is 242 g/mol. The number of methoxy groups -OCH3 is 1. The van der Waals surface area contributed by atoms with E-state index in [4.69, 9.17) is 0 Å². The Balaban J connectivity index is 3.60. The summed E-state index contributed by atoms with van der Waals surface area (Å²) in [5.41, 5.74) is 0.613. The Labute approximate surface area is 65.4 Å². The van der Waals surface area contributed by atoms with Gasteiger partial charge in [-0.25, -0.2) is 0 Å². The Morgan fingerprint density at radius 3 is 2.67 bits per heavy atom. The van der Waals surface area contributed by atoms with E-state index in [0.717, 1.165) is 4.47 Å². The summed E-state index contributed by atoms with van der Waals surface area (Å²) in [5, 5.41) is 0. The summed E-state index contributed by atoms with van der Waals surface area (Å²) in [4.78, 5) is 12.7. The number of hydrogen-bond acceptors (Lipinski definition) is 2. The molecule has 0 amide bonds. The molecule has 0 unspecified atom stereocenters. The molecule has 0 aliphatic heterocycles. The second-order valence-corrected chi connectivity index (χ2v) is 4.00. The molecule has 0 heterocycles. The summed E-state index contributed by atoms with van der Waals surface area (Å²) in [6.45, 7) is 3.57. The number of hydrogen-bond donors (Lipinski definition) is 0. The molecule has 0 saturated heterocycles. The molecular weight excluding hydrogens is 232 g/mol. The molecule has 0 aromatic rings. The monoisotopic (exact) mass is 244 g/mol. The fourth-order valence-electron chi connectivity index (χ4n) is 0.377. The molecule has 2 nitrogen and oxygen atoms in total. The standard InChI is InChI=1S/C6H10O2Te/c1-5(4-9-3)6(7)8-2/h1,4H2,2-3H3. The number of rotatable bonds is 3. The topological polar surface area (TPSA) is 26.3 Å². The summed E-state index contributed by atoms with van der Waals surface area (Å²) in [6, 6.07) is 0. The van der Waals surface area contributed by atoms with E-state index in [-0.39, 0.29) is 26.9 Å². The average Bonchev–Trinajstić information content (AvgIpc) is 1.87. The molecule has 0 N–H and O–H groups in total. The third-order valence-corrected chi connectivity index (χ3v) is 2.61. The second-order valence-electron chi connectivity index (χ2n) is 1.53. The van der Waals surface area contributed by atoms with Crippen LogP contribution in [-0.2, 0) is 9.53 Å². The molecule has 0 rings (SSSR count). The minimum absolute atomic E-state index is 0.0204. The van der Waals surface area contributed by atoms with Crippen molar-refractivity contribution in [3.05, 3.63) is 12.2 Å². The molecule has 0 saturated carbocycles. The number of carbonyl (C=O) groups is 1. The van der Waals surface area contributed by atoms with Gasteiger partial charge in [0, 0.05) is 0 Å². The van der Waals surface area contributed by atoms with Gasteiger partial charge >= 0.3 is 65.1 Å².